The van der Waals surface area contributed by atoms with E-state index in [1.54, 1.807) is 48.5 Å². The van der Waals surface area contributed by atoms with E-state index < -0.39 is 17.6 Å². The van der Waals surface area contributed by atoms with Crippen molar-refractivity contribution in [1.29, 1.82) is 0 Å². The summed E-state index contributed by atoms with van der Waals surface area (Å²) in [7, 11) is 0. The van der Waals surface area contributed by atoms with E-state index in [1.807, 2.05) is 6.07 Å². The van der Waals surface area contributed by atoms with Gasteiger partial charge in [-0.25, -0.2) is 9.99 Å². The van der Waals surface area contributed by atoms with E-state index in [1.165, 1.54) is 11.1 Å². The van der Waals surface area contributed by atoms with E-state index in [9.17, 15) is 14.0 Å². The van der Waals surface area contributed by atoms with Gasteiger partial charge < -0.3 is 4.74 Å². The molecule has 9 heteroatoms. The van der Waals surface area contributed by atoms with Gasteiger partial charge in [0.05, 0.1) is 11.9 Å². The predicted molar refractivity (Wildman–Crippen MR) is 104 cm³/mol. The van der Waals surface area contributed by atoms with Crippen molar-refractivity contribution in [3.8, 4) is 11.6 Å². The van der Waals surface area contributed by atoms with Gasteiger partial charge in [0, 0.05) is 0 Å². The minimum Gasteiger partial charge on any atom is -0.436 e. The van der Waals surface area contributed by atoms with Crippen LogP contribution in [0.1, 0.15) is 5.56 Å². The second kappa shape index (κ2) is 7.69. The molecule has 0 radical (unpaired) electrons. The van der Waals surface area contributed by atoms with Gasteiger partial charge in [-0.1, -0.05) is 30.3 Å². The standard InChI is InChI=1S/C20H12ClFN4O3/c21-20-23-11-16(22)18(24-20)29-14-8-6-12(7-9-14)10-15-17(27)25-26(19(15)28)13-4-2-1-3-5-13/h1-11H,(H,25,27)/b15-10-. The van der Waals surface area contributed by atoms with E-state index in [-0.39, 0.29) is 16.7 Å². The highest BCUT2D eigenvalue weighted by atomic mass is 35.5. The Morgan fingerprint density at radius 3 is 2.52 bits per heavy atom. The summed E-state index contributed by atoms with van der Waals surface area (Å²) in [5.74, 6) is -1.72. The first-order chi connectivity index (χ1) is 14.0. The molecular weight excluding hydrogens is 399 g/mol. The molecule has 0 spiro atoms. The zero-order valence-electron chi connectivity index (χ0n) is 14.7. The summed E-state index contributed by atoms with van der Waals surface area (Å²) in [6.07, 6.45) is 2.37. The maximum Gasteiger partial charge on any atom is 0.282 e. The largest absolute Gasteiger partial charge is 0.436 e. The summed E-state index contributed by atoms with van der Waals surface area (Å²) in [5.41, 5.74) is 3.67. The quantitative estimate of drug-likeness (QED) is 0.404. The molecule has 2 heterocycles. The highest BCUT2D eigenvalue weighted by molar-refractivity contribution is 6.31. The molecule has 1 fully saturated rings. The number of aromatic nitrogens is 2. The number of hydrogen-bond donors (Lipinski definition) is 1. The van der Waals surface area contributed by atoms with Crippen LogP contribution in [0.3, 0.4) is 0 Å². The smallest absolute Gasteiger partial charge is 0.282 e. The van der Waals surface area contributed by atoms with Gasteiger partial charge in [-0.3, -0.25) is 15.0 Å². The van der Waals surface area contributed by atoms with Crippen molar-refractivity contribution in [2.24, 2.45) is 0 Å². The third kappa shape index (κ3) is 3.92. The van der Waals surface area contributed by atoms with Gasteiger partial charge in [-0.05, 0) is 47.5 Å². The molecule has 2 amide bonds. The lowest BCUT2D eigenvalue weighted by Gasteiger charge is -2.13. The topological polar surface area (TPSA) is 84.4 Å². The summed E-state index contributed by atoms with van der Waals surface area (Å²) < 4.78 is 19.0. The van der Waals surface area contributed by atoms with E-state index in [4.69, 9.17) is 16.3 Å². The number of nitrogens with zero attached hydrogens (tertiary/aromatic N) is 3. The number of anilines is 1. The van der Waals surface area contributed by atoms with E-state index in [0.29, 0.717) is 17.0 Å². The third-order valence-corrected chi connectivity index (χ3v) is 4.18. The summed E-state index contributed by atoms with van der Waals surface area (Å²) in [4.78, 5) is 32.0. The number of para-hydroxylation sites is 1. The predicted octanol–water partition coefficient (Wildman–Crippen LogP) is 3.52. The van der Waals surface area contributed by atoms with Gasteiger partial charge in [0.1, 0.15) is 11.3 Å². The number of hydrazine groups is 1. The maximum atomic E-state index is 13.7. The SMILES string of the molecule is O=C1NN(c2ccccc2)C(=O)/C1=C\c1ccc(Oc2nc(Cl)ncc2F)cc1. The van der Waals surface area contributed by atoms with Crippen LogP contribution in [0.4, 0.5) is 10.1 Å². The Morgan fingerprint density at radius 2 is 1.79 bits per heavy atom. The molecule has 4 rings (SSSR count). The number of hydrogen-bond acceptors (Lipinski definition) is 5. The third-order valence-electron chi connectivity index (χ3n) is 3.99. The molecule has 1 saturated heterocycles. The molecule has 1 aliphatic rings. The number of benzene rings is 2. The molecule has 0 saturated carbocycles. The van der Waals surface area contributed by atoms with Gasteiger partial charge >= 0.3 is 0 Å². The number of ether oxygens (including phenoxy) is 1. The lowest BCUT2D eigenvalue weighted by Crippen LogP contribution is -2.35. The van der Waals surface area contributed by atoms with Crippen LogP contribution in [-0.4, -0.2) is 21.8 Å². The van der Waals surface area contributed by atoms with Gasteiger partial charge in [0.2, 0.25) is 11.1 Å². The van der Waals surface area contributed by atoms with Crippen molar-refractivity contribution in [2.75, 3.05) is 5.01 Å². The fraction of sp³-hybridized carbons (Fsp3) is 0. The number of halogens is 2. The average molecular weight is 411 g/mol. The van der Waals surface area contributed by atoms with Crippen molar-refractivity contribution >= 4 is 35.2 Å². The Bertz CT molecular complexity index is 1120. The molecular formula is C20H12ClFN4O3. The second-order valence-electron chi connectivity index (χ2n) is 5.94. The van der Waals surface area contributed by atoms with Crippen LogP contribution in [0.15, 0.2) is 66.4 Å². The molecule has 0 aliphatic carbocycles. The Labute approximate surface area is 169 Å². The molecule has 0 atom stereocenters. The van der Waals surface area contributed by atoms with Crippen LogP contribution >= 0.6 is 11.6 Å². The molecule has 1 aromatic heterocycles. The number of rotatable bonds is 4. The molecule has 0 bridgehead atoms. The van der Waals surface area contributed by atoms with Crippen molar-refractivity contribution in [1.82, 2.24) is 15.4 Å². The molecule has 7 nitrogen and oxygen atoms in total. The van der Waals surface area contributed by atoms with E-state index in [0.717, 1.165) is 6.20 Å². The molecule has 2 aromatic carbocycles. The van der Waals surface area contributed by atoms with Gasteiger partial charge in [0.25, 0.3) is 17.7 Å². The lowest BCUT2D eigenvalue weighted by molar-refractivity contribution is -0.117. The maximum absolute atomic E-state index is 13.7. The van der Waals surface area contributed by atoms with Crippen molar-refractivity contribution in [3.05, 3.63) is 83.0 Å². The first-order valence-corrected chi connectivity index (χ1v) is 8.77. The normalized spacial score (nSPS) is 15.0. The van der Waals surface area contributed by atoms with Crippen LogP contribution in [0.5, 0.6) is 11.6 Å². The Morgan fingerprint density at radius 1 is 1.07 bits per heavy atom. The zero-order chi connectivity index (χ0) is 20.4. The molecule has 1 aliphatic heterocycles. The Kier molecular flexibility index (Phi) is 4.92. The highest BCUT2D eigenvalue weighted by Gasteiger charge is 2.34. The second-order valence-corrected chi connectivity index (χ2v) is 6.28. The number of carbonyl (C=O) groups excluding carboxylic acids is 2. The fourth-order valence-electron chi connectivity index (χ4n) is 2.63. The summed E-state index contributed by atoms with van der Waals surface area (Å²) in [5, 5.41) is 1.05. The molecule has 0 unspecified atom stereocenters. The van der Waals surface area contributed by atoms with Crippen LogP contribution in [0, 0.1) is 5.82 Å². The zero-order valence-corrected chi connectivity index (χ0v) is 15.4. The van der Waals surface area contributed by atoms with Crippen molar-refractivity contribution in [3.63, 3.8) is 0 Å². The molecule has 144 valence electrons. The summed E-state index contributed by atoms with van der Waals surface area (Å²) >= 11 is 5.64. The molecule has 1 N–H and O–H groups in total. The summed E-state index contributed by atoms with van der Waals surface area (Å²) in [6, 6.07) is 15.1. The molecule has 29 heavy (non-hydrogen) atoms. The molecule has 3 aromatic rings. The lowest BCUT2D eigenvalue weighted by atomic mass is 10.1. The number of carbonyl (C=O) groups is 2. The Hall–Kier alpha value is -3.78. The Balaban J connectivity index is 1.53. The summed E-state index contributed by atoms with van der Waals surface area (Å²) in [6.45, 7) is 0. The first-order valence-electron chi connectivity index (χ1n) is 8.39. The monoisotopic (exact) mass is 410 g/mol. The average Bonchev–Trinajstić information content (AvgIpc) is 3.01. The van der Waals surface area contributed by atoms with E-state index >= 15 is 0 Å². The highest BCUT2D eigenvalue weighted by Crippen LogP contribution is 2.25. The van der Waals surface area contributed by atoms with Gasteiger partial charge in [-0.2, -0.15) is 9.37 Å². The number of amides is 2. The van der Waals surface area contributed by atoms with Gasteiger partial charge in [0.15, 0.2) is 0 Å². The van der Waals surface area contributed by atoms with Crippen LogP contribution in [0.2, 0.25) is 5.28 Å². The fourth-order valence-corrected chi connectivity index (χ4v) is 2.76. The number of nitrogens with one attached hydrogen (secondary N) is 1. The van der Waals surface area contributed by atoms with Crippen molar-refractivity contribution in [2.45, 2.75) is 0 Å². The van der Waals surface area contributed by atoms with Gasteiger partial charge in [-0.15, -0.1) is 0 Å². The minimum atomic E-state index is -0.755. The minimum absolute atomic E-state index is 0.00357. The van der Waals surface area contributed by atoms with Crippen LogP contribution in [0.25, 0.3) is 6.08 Å². The van der Waals surface area contributed by atoms with Crippen LogP contribution < -0.4 is 15.2 Å². The van der Waals surface area contributed by atoms with Crippen LogP contribution in [-0.2, 0) is 9.59 Å². The van der Waals surface area contributed by atoms with E-state index in [2.05, 4.69) is 15.4 Å². The first kappa shape index (κ1) is 18.6. The van der Waals surface area contributed by atoms with Crippen molar-refractivity contribution < 1.29 is 18.7 Å².